The van der Waals surface area contributed by atoms with Crippen LogP contribution in [0.25, 0.3) is 11.5 Å². The quantitative estimate of drug-likeness (QED) is 0.330. The van der Waals surface area contributed by atoms with Crippen molar-refractivity contribution in [2.75, 3.05) is 25.5 Å². The lowest BCUT2D eigenvalue weighted by atomic mass is 10.1. The fourth-order valence-corrected chi connectivity index (χ4v) is 4.60. The van der Waals surface area contributed by atoms with Crippen molar-refractivity contribution in [3.05, 3.63) is 64.4 Å². The van der Waals surface area contributed by atoms with Crippen LogP contribution in [0.15, 0.2) is 53.2 Å². The van der Waals surface area contributed by atoms with E-state index in [1.54, 1.807) is 61.3 Å². The zero-order valence-electron chi connectivity index (χ0n) is 19.9. The molecule has 2 aromatic heterocycles. The highest BCUT2D eigenvalue weighted by Gasteiger charge is 2.29. The highest BCUT2D eigenvalue weighted by Crippen LogP contribution is 2.31. The van der Waals surface area contributed by atoms with Crippen molar-refractivity contribution in [3.8, 4) is 28.7 Å². The number of halogens is 1. The molecule has 2 aromatic carbocycles. The number of carbonyl (C=O) groups excluding carboxylic acids is 2. The Hall–Kier alpha value is -3.96. The van der Waals surface area contributed by atoms with Gasteiger partial charge in [0.2, 0.25) is 5.91 Å². The van der Waals surface area contributed by atoms with Crippen LogP contribution in [0.3, 0.4) is 0 Å². The topological polar surface area (TPSA) is 120 Å². The smallest absolute Gasteiger partial charge is 0.257 e. The average Bonchev–Trinajstić information content (AvgIpc) is 3.59. The highest BCUT2D eigenvalue weighted by atomic mass is 35.5. The maximum absolute atomic E-state index is 13.0. The first kappa shape index (κ1) is 24.7. The lowest BCUT2D eigenvalue weighted by molar-refractivity contribution is -0.130. The van der Waals surface area contributed by atoms with Gasteiger partial charge in [-0.2, -0.15) is 4.98 Å². The van der Waals surface area contributed by atoms with Gasteiger partial charge in [-0.15, -0.1) is 0 Å². The molecule has 0 bridgehead atoms. The molecule has 0 radical (unpaired) electrons. The second kappa shape index (κ2) is 10.6. The molecule has 1 unspecified atom stereocenters. The van der Waals surface area contributed by atoms with E-state index in [0.717, 1.165) is 23.3 Å². The van der Waals surface area contributed by atoms with E-state index in [2.05, 4.69) is 20.4 Å². The molecule has 1 atom stereocenters. The minimum absolute atomic E-state index is 0.0440. The number of carbonyl (C=O) groups is 2. The number of likely N-dealkylation sites (tertiary alicyclic amines) is 1. The van der Waals surface area contributed by atoms with Crippen LogP contribution in [0.1, 0.15) is 22.6 Å². The number of benzene rings is 2. The minimum Gasteiger partial charge on any atom is -0.493 e. The summed E-state index contributed by atoms with van der Waals surface area (Å²) in [5, 5.41) is 6.90. The van der Waals surface area contributed by atoms with E-state index < -0.39 is 5.91 Å². The maximum Gasteiger partial charge on any atom is 0.257 e. The fourth-order valence-electron chi connectivity index (χ4n) is 3.79. The Balaban J connectivity index is 1.36. The van der Waals surface area contributed by atoms with Crippen LogP contribution in [0.4, 0.5) is 5.13 Å². The Labute approximate surface area is 221 Å². The van der Waals surface area contributed by atoms with Crippen molar-refractivity contribution in [1.29, 1.82) is 0 Å². The van der Waals surface area contributed by atoms with Gasteiger partial charge in [0.25, 0.3) is 11.8 Å². The van der Waals surface area contributed by atoms with Gasteiger partial charge in [0.15, 0.2) is 11.0 Å². The number of nitrogens with one attached hydrogen (secondary N) is 1. The highest BCUT2D eigenvalue weighted by molar-refractivity contribution is 7.19. The summed E-state index contributed by atoms with van der Waals surface area (Å²) in [7, 11) is 1.77. The van der Waals surface area contributed by atoms with E-state index in [4.69, 9.17) is 25.6 Å². The van der Waals surface area contributed by atoms with Crippen LogP contribution in [0.5, 0.6) is 17.2 Å². The van der Waals surface area contributed by atoms with Gasteiger partial charge in [0.05, 0.1) is 18.7 Å². The third-order valence-corrected chi connectivity index (χ3v) is 6.72. The summed E-state index contributed by atoms with van der Waals surface area (Å²) in [5.41, 5.74) is 1.05. The minimum atomic E-state index is -0.403. The molecule has 37 heavy (non-hydrogen) atoms. The monoisotopic (exact) mass is 539 g/mol. The third-order valence-electron chi connectivity index (χ3n) is 5.69. The van der Waals surface area contributed by atoms with E-state index in [-0.39, 0.29) is 18.4 Å². The second-order valence-corrected chi connectivity index (χ2v) is 10.1. The van der Waals surface area contributed by atoms with Gasteiger partial charge in [0.1, 0.15) is 21.6 Å². The molecule has 12 heteroatoms. The number of aryl methyl sites for hydroxylation is 1. The summed E-state index contributed by atoms with van der Waals surface area (Å²) in [4.78, 5) is 35.2. The first-order chi connectivity index (χ1) is 17.8. The molecule has 2 amide bonds. The van der Waals surface area contributed by atoms with Crippen molar-refractivity contribution in [2.24, 2.45) is 5.92 Å². The molecule has 1 aliphatic rings. The van der Waals surface area contributed by atoms with Crippen molar-refractivity contribution in [1.82, 2.24) is 20.0 Å². The van der Waals surface area contributed by atoms with Crippen molar-refractivity contribution >= 4 is 39.9 Å². The molecule has 1 saturated heterocycles. The normalized spacial score (nSPS) is 15.2. The number of anilines is 1. The van der Waals surface area contributed by atoms with Crippen LogP contribution < -0.4 is 14.8 Å². The number of rotatable bonds is 8. The van der Waals surface area contributed by atoms with E-state index >= 15 is 0 Å². The second-order valence-electron chi connectivity index (χ2n) is 8.45. The SMILES string of the molecule is Cc1noc(-c2ccc(Oc3cc(OCC4CCN(C)C4=O)cc(C(=O)Nc4ncc(Cl)s4)c3)cc2)n1. The Bertz CT molecular complexity index is 1440. The molecule has 0 saturated carbocycles. The Morgan fingerprint density at radius 2 is 2.00 bits per heavy atom. The van der Waals surface area contributed by atoms with E-state index in [9.17, 15) is 9.59 Å². The number of nitrogens with zero attached hydrogens (tertiary/aromatic N) is 4. The predicted molar refractivity (Wildman–Crippen MR) is 137 cm³/mol. The molecule has 1 N–H and O–H groups in total. The summed E-state index contributed by atoms with van der Waals surface area (Å²) in [5.74, 6) is 1.68. The molecule has 3 heterocycles. The molecule has 4 aromatic rings. The summed E-state index contributed by atoms with van der Waals surface area (Å²) < 4.78 is 17.6. The Kier molecular flexibility index (Phi) is 7.06. The molecular weight excluding hydrogens is 518 g/mol. The number of thiazole rings is 1. The van der Waals surface area contributed by atoms with Crippen LogP contribution in [-0.4, -0.2) is 52.0 Å². The lowest BCUT2D eigenvalue weighted by Crippen LogP contribution is -2.25. The molecular formula is C25H22ClN5O5S. The molecule has 0 aliphatic carbocycles. The standard InChI is InChI=1S/C25H22ClN5O5S/c1-14-28-23(36-30-14)15-3-5-18(6-4-15)35-20-10-17(22(32)29-25-27-12-21(26)37-25)9-19(11-20)34-13-16-7-8-31(2)24(16)33/h3-6,9-12,16H,7-8,13H2,1-2H3,(H,27,29,32). The molecule has 5 rings (SSSR count). The van der Waals surface area contributed by atoms with E-state index in [1.165, 1.54) is 6.20 Å². The van der Waals surface area contributed by atoms with Crippen LogP contribution in [-0.2, 0) is 4.79 Å². The van der Waals surface area contributed by atoms with Crippen LogP contribution >= 0.6 is 22.9 Å². The first-order valence-electron chi connectivity index (χ1n) is 11.4. The predicted octanol–water partition coefficient (Wildman–Crippen LogP) is 5.06. The van der Waals surface area contributed by atoms with Gasteiger partial charge in [-0.05, 0) is 49.7 Å². The third kappa shape index (κ3) is 5.89. The number of ether oxygens (including phenoxy) is 2. The van der Waals surface area contributed by atoms with Gasteiger partial charge in [-0.3, -0.25) is 14.9 Å². The molecule has 0 spiro atoms. The van der Waals surface area contributed by atoms with E-state index in [1.807, 2.05) is 0 Å². The van der Waals surface area contributed by atoms with Crippen molar-refractivity contribution in [3.63, 3.8) is 0 Å². The fraction of sp³-hybridized carbons (Fsp3) is 0.240. The lowest BCUT2D eigenvalue weighted by Gasteiger charge is -2.14. The van der Waals surface area contributed by atoms with Gasteiger partial charge >= 0.3 is 0 Å². The Morgan fingerprint density at radius 3 is 2.65 bits per heavy atom. The molecule has 1 fully saturated rings. The first-order valence-corrected chi connectivity index (χ1v) is 12.6. The largest absolute Gasteiger partial charge is 0.493 e. The van der Waals surface area contributed by atoms with Crippen molar-refractivity contribution < 1.29 is 23.6 Å². The zero-order chi connectivity index (χ0) is 25.9. The van der Waals surface area contributed by atoms with Gasteiger partial charge in [0, 0.05) is 30.8 Å². The Morgan fingerprint density at radius 1 is 1.22 bits per heavy atom. The van der Waals surface area contributed by atoms with Crippen LogP contribution in [0, 0.1) is 12.8 Å². The molecule has 1 aliphatic heterocycles. The zero-order valence-corrected chi connectivity index (χ0v) is 21.5. The summed E-state index contributed by atoms with van der Waals surface area (Å²) >= 11 is 7.08. The summed E-state index contributed by atoms with van der Waals surface area (Å²) in [6, 6.07) is 12.0. The maximum atomic E-state index is 13.0. The molecule has 190 valence electrons. The summed E-state index contributed by atoms with van der Waals surface area (Å²) in [6.07, 6.45) is 2.18. The number of hydrogen-bond acceptors (Lipinski definition) is 9. The van der Waals surface area contributed by atoms with Gasteiger partial charge in [-0.1, -0.05) is 28.1 Å². The number of hydrogen-bond donors (Lipinski definition) is 1. The van der Waals surface area contributed by atoms with Crippen LogP contribution in [0.2, 0.25) is 4.34 Å². The molecule has 10 nitrogen and oxygen atoms in total. The van der Waals surface area contributed by atoms with E-state index in [0.29, 0.717) is 50.5 Å². The number of aromatic nitrogens is 3. The summed E-state index contributed by atoms with van der Waals surface area (Å²) in [6.45, 7) is 2.64. The average molecular weight is 540 g/mol. The van der Waals surface area contributed by atoms with Gasteiger partial charge < -0.3 is 18.9 Å². The van der Waals surface area contributed by atoms with Crippen molar-refractivity contribution in [2.45, 2.75) is 13.3 Å². The van der Waals surface area contributed by atoms with Gasteiger partial charge in [-0.25, -0.2) is 4.98 Å². The number of amides is 2.